The predicted octanol–water partition coefficient (Wildman–Crippen LogP) is 3.28. The van der Waals surface area contributed by atoms with Gasteiger partial charge in [0.15, 0.2) is 0 Å². The summed E-state index contributed by atoms with van der Waals surface area (Å²) in [5.41, 5.74) is 4.33. The number of fused-ring (bicyclic) bond motifs is 3. The fraction of sp³-hybridized carbons (Fsp3) is 0.200. The summed E-state index contributed by atoms with van der Waals surface area (Å²) in [7, 11) is 0. The second-order valence-electron chi connectivity index (χ2n) is 4.75. The summed E-state index contributed by atoms with van der Waals surface area (Å²) in [5, 5.41) is 1.45. The van der Waals surface area contributed by atoms with Crippen LogP contribution in [0.15, 0.2) is 36.5 Å². The number of halogens is 1. The van der Waals surface area contributed by atoms with E-state index in [1.807, 2.05) is 12.1 Å². The van der Waals surface area contributed by atoms with Crippen molar-refractivity contribution < 1.29 is 4.74 Å². The van der Waals surface area contributed by atoms with Crippen molar-refractivity contribution in [3.63, 3.8) is 0 Å². The number of rotatable bonds is 1. The lowest BCUT2D eigenvalue weighted by molar-refractivity contribution is 0.0869. The highest BCUT2D eigenvalue weighted by atomic mass is 35.5. The van der Waals surface area contributed by atoms with Crippen LogP contribution in [0.1, 0.15) is 5.69 Å². The fourth-order valence-electron chi connectivity index (χ4n) is 2.85. The van der Waals surface area contributed by atoms with Crippen LogP contribution in [0.3, 0.4) is 0 Å². The van der Waals surface area contributed by atoms with Crippen LogP contribution in [0.5, 0.6) is 0 Å². The van der Waals surface area contributed by atoms with Crippen molar-refractivity contribution in [3.8, 4) is 11.3 Å². The van der Waals surface area contributed by atoms with Gasteiger partial charge in [0.25, 0.3) is 0 Å². The van der Waals surface area contributed by atoms with E-state index >= 15 is 0 Å². The molecule has 3 aromatic rings. The van der Waals surface area contributed by atoms with E-state index in [9.17, 15) is 0 Å². The lowest BCUT2D eigenvalue weighted by atomic mass is 10.1. The van der Waals surface area contributed by atoms with Crippen LogP contribution in [0, 0.1) is 0 Å². The summed E-state index contributed by atoms with van der Waals surface area (Å²) in [5.74, 6) is 0. The quantitative estimate of drug-likeness (QED) is 0.644. The van der Waals surface area contributed by atoms with Gasteiger partial charge >= 0.3 is 0 Å². The van der Waals surface area contributed by atoms with Crippen LogP contribution in [-0.2, 0) is 17.9 Å². The molecule has 0 N–H and O–H groups in total. The Bertz CT molecular complexity index is 797. The number of aromatic nitrogens is 3. The van der Waals surface area contributed by atoms with E-state index in [2.05, 4.69) is 32.7 Å². The van der Waals surface area contributed by atoms with Crippen LogP contribution >= 0.6 is 11.6 Å². The predicted molar refractivity (Wildman–Crippen MR) is 77.6 cm³/mol. The average molecular weight is 286 g/mol. The highest BCUT2D eigenvalue weighted by molar-refractivity contribution is 6.28. The highest BCUT2D eigenvalue weighted by Crippen LogP contribution is 2.35. The Balaban J connectivity index is 2.08. The van der Waals surface area contributed by atoms with Crippen LogP contribution in [0.2, 0.25) is 5.28 Å². The number of para-hydroxylation sites is 1. The average Bonchev–Trinajstić information content (AvgIpc) is 2.82. The van der Waals surface area contributed by atoms with Gasteiger partial charge in [0, 0.05) is 29.2 Å². The zero-order valence-electron chi connectivity index (χ0n) is 10.7. The SMILES string of the molecule is Clc1nccc(-c2c3n(c4ccccc24)CCOC3)n1. The van der Waals surface area contributed by atoms with Crippen molar-refractivity contribution in [1.29, 1.82) is 0 Å². The normalized spacial score (nSPS) is 14.4. The molecule has 5 heteroatoms. The Kier molecular flexibility index (Phi) is 2.72. The fourth-order valence-corrected chi connectivity index (χ4v) is 2.99. The summed E-state index contributed by atoms with van der Waals surface area (Å²) in [6, 6.07) is 10.2. The summed E-state index contributed by atoms with van der Waals surface area (Å²) in [6.45, 7) is 2.22. The maximum Gasteiger partial charge on any atom is 0.222 e. The van der Waals surface area contributed by atoms with E-state index < -0.39 is 0 Å². The molecule has 100 valence electrons. The Labute approximate surface area is 121 Å². The zero-order valence-corrected chi connectivity index (χ0v) is 11.5. The Morgan fingerprint density at radius 2 is 2.10 bits per heavy atom. The first-order chi connectivity index (χ1) is 9.84. The minimum absolute atomic E-state index is 0.267. The number of hydrogen-bond donors (Lipinski definition) is 0. The Morgan fingerprint density at radius 1 is 1.20 bits per heavy atom. The van der Waals surface area contributed by atoms with Gasteiger partial charge in [-0.2, -0.15) is 0 Å². The summed E-state index contributed by atoms with van der Waals surface area (Å²) >= 11 is 5.94. The van der Waals surface area contributed by atoms with Crippen molar-refractivity contribution in [2.24, 2.45) is 0 Å². The highest BCUT2D eigenvalue weighted by Gasteiger charge is 2.21. The lowest BCUT2D eigenvalue weighted by Gasteiger charge is -2.17. The number of benzene rings is 1. The van der Waals surface area contributed by atoms with Gasteiger partial charge in [-0.25, -0.2) is 9.97 Å². The van der Waals surface area contributed by atoms with E-state index in [4.69, 9.17) is 16.3 Å². The summed E-state index contributed by atoms with van der Waals surface area (Å²) < 4.78 is 7.93. The Morgan fingerprint density at radius 3 is 3.00 bits per heavy atom. The minimum Gasteiger partial charge on any atom is -0.373 e. The minimum atomic E-state index is 0.267. The molecule has 0 atom stereocenters. The molecule has 4 rings (SSSR count). The molecule has 1 aromatic carbocycles. The Hall–Kier alpha value is -1.91. The third kappa shape index (κ3) is 1.72. The topological polar surface area (TPSA) is 39.9 Å². The maximum absolute atomic E-state index is 5.94. The number of ether oxygens (including phenoxy) is 1. The van der Waals surface area contributed by atoms with Gasteiger partial charge in [-0.1, -0.05) is 18.2 Å². The molecule has 3 heterocycles. The van der Waals surface area contributed by atoms with E-state index in [1.165, 1.54) is 10.9 Å². The molecule has 4 nitrogen and oxygen atoms in total. The van der Waals surface area contributed by atoms with E-state index in [0.717, 1.165) is 30.1 Å². The second kappa shape index (κ2) is 4.58. The van der Waals surface area contributed by atoms with Gasteiger partial charge in [0.05, 0.1) is 24.6 Å². The first kappa shape index (κ1) is 11.9. The van der Waals surface area contributed by atoms with Crippen molar-refractivity contribution >= 4 is 22.5 Å². The molecular weight excluding hydrogens is 274 g/mol. The van der Waals surface area contributed by atoms with Crippen molar-refractivity contribution in [1.82, 2.24) is 14.5 Å². The first-order valence-corrected chi connectivity index (χ1v) is 6.89. The van der Waals surface area contributed by atoms with E-state index in [1.54, 1.807) is 6.20 Å². The molecule has 0 fully saturated rings. The van der Waals surface area contributed by atoms with Gasteiger partial charge in [-0.15, -0.1) is 0 Å². The lowest BCUT2D eigenvalue weighted by Crippen LogP contribution is -2.16. The van der Waals surface area contributed by atoms with Gasteiger partial charge in [-0.3, -0.25) is 0 Å². The standard InChI is InChI=1S/C15H12ClN3O/c16-15-17-6-5-11(18-15)14-10-3-1-2-4-12(10)19-7-8-20-9-13(14)19/h1-6H,7-9H2. The van der Waals surface area contributed by atoms with E-state index in [-0.39, 0.29) is 5.28 Å². The molecule has 1 aliphatic heterocycles. The molecule has 20 heavy (non-hydrogen) atoms. The molecule has 0 bridgehead atoms. The molecule has 0 unspecified atom stereocenters. The third-order valence-corrected chi connectivity index (χ3v) is 3.84. The van der Waals surface area contributed by atoms with Gasteiger partial charge in [0.2, 0.25) is 5.28 Å². The van der Waals surface area contributed by atoms with Crippen LogP contribution in [0.4, 0.5) is 0 Å². The van der Waals surface area contributed by atoms with Gasteiger partial charge < -0.3 is 9.30 Å². The molecular formula is C15H12ClN3O. The second-order valence-corrected chi connectivity index (χ2v) is 5.09. The molecule has 0 spiro atoms. The molecule has 0 radical (unpaired) electrons. The monoisotopic (exact) mass is 285 g/mol. The number of hydrogen-bond acceptors (Lipinski definition) is 3. The smallest absolute Gasteiger partial charge is 0.222 e. The third-order valence-electron chi connectivity index (χ3n) is 3.66. The summed E-state index contributed by atoms with van der Waals surface area (Å²) in [6.07, 6.45) is 1.69. The molecule has 0 saturated heterocycles. The van der Waals surface area contributed by atoms with Gasteiger partial charge in [0.1, 0.15) is 0 Å². The van der Waals surface area contributed by atoms with Crippen LogP contribution < -0.4 is 0 Å². The van der Waals surface area contributed by atoms with Crippen LogP contribution in [0.25, 0.3) is 22.2 Å². The van der Waals surface area contributed by atoms with Crippen molar-refractivity contribution in [2.45, 2.75) is 13.2 Å². The number of nitrogens with zero attached hydrogens (tertiary/aromatic N) is 3. The van der Waals surface area contributed by atoms with Crippen molar-refractivity contribution in [3.05, 3.63) is 47.5 Å². The molecule has 1 aliphatic rings. The maximum atomic E-state index is 5.94. The largest absolute Gasteiger partial charge is 0.373 e. The molecule has 2 aromatic heterocycles. The molecule has 0 saturated carbocycles. The van der Waals surface area contributed by atoms with Crippen molar-refractivity contribution in [2.75, 3.05) is 6.61 Å². The molecule has 0 amide bonds. The zero-order chi connectivity index (χ0) is 13.5. The molecule has 0 aliphatic carbocycles. The van der Waals surface area contributed by atoms with E-state index in [0.29, 0.717) is 6.61 Å². The van der Waals surface area contributed by atoms with Crippen LogP contribution in [-0.4, -0.2) is 21.1 Å². The van der Waals surface area contributed by atoms with Gasteiger partial charge in [-0.05, 0) is 23.7 Å². The first-order valence-electron chi connectivity index (χ1n) is 6.51. The summed E-state index contributed by atoms with van der Waals surface area (Å²) in [4.78, 5) is 8.32.